The lowest BCUT2D eigenvalue weighted by Gasteiger charge is -2.27. The maximum Gasteiger partial charge on any atom is 0.417 e. The summed E-state index contributed by atoms with van der Waals surface area (Å²) in [6.07, 6.45) is -4.63. The van der Waals surface area contributed by atoms with E-state index in [0.29, 0.717) is 6.07 Å². The predicted octanol–water partition coefficient (Wildman–Crippen LogP) is 4.00. The number of carbonyl (C=O) groups is 1. The van der Waals surface area contributed by atoms with Gasteiger partial charge in [0.15, 0.2) is 15.4 Å². The molecule has 1 atom stereocenters. The highest BCUT2D eigenvalue weighted by Crippen LogP contribution is 2.34. The van der Waals surface area contributed by atoms with E-state index in [-0.39, 0.29) is 23.7 Å². The SMILES string of the molecule is CC(C)CCS(=O)(=O)CC(O)(C(=O)Nc1ccc(C#N)c(C(F)(F)F)c1)c1ccc(F)cc1. The smallest absolute Gasteiger partial charge is 0.374 e. The van der Waals surface area contributed by atoms with E-state index in [9.17, 15) is 35.9 Å². The summed E-state index contributed by atoms with van der Waals surface area (Å²) in [5, 5.41) is 22.1. The molecule has 6 nitrogen and oxygen atoms in total. The molecule has 33 heavy (non-hydrogen) atoms. The monoisotopic (exact) mass is 486 g/mol. The molecule has 0 aliphatic rings. The minimum atomic E-state index is -4.89. The summed E-state index contributed by atoms with van der Waals surface area (Å²) in [5.41, 5.74) is -5.36. The van der Waals surface area contributed by atoms with Crippen molar-refractivity contribution in [2.24, 2.45) is 5.92 Å². The summed E-state index contributed by atoms with van der Waals surface area (Å²) in [6.45, 7) is 3.58. The topological polar surface area (TPSA) is 107 Å². The third-order valence-electron chi connectivity index (χ3n) is 4.84. The molecule has 2 aromatic rings. The first-order chi connectivity index (χ1) is 15.2. The summed E-state index contributed by atoms with van der Waals surface area (Å²) in [7, 11) is -4.00. The number of benzene rings is 2. The Bertz CT molecular complexity index is 1160. The lowest BCUT2D eigenvalue weighted by Crippen LogP contribution is -2.46. The van der Waals surface area contributed by atoms with E-state index in [1.807, 2.05) is 0 Å². The van der Waals surface area contributed by atoms with E-state index < -0.39 is 55.9 Å². The normalized spacial score (nSPS) is 13.9. The average molecular weight is 486 g/mol. The second-order valence-corrected chi connectivity index (χ2v) is 10.1. The standard InChI is InChI=1S/C22H22F4N2O4S/c1-14(2)9-10-33(31,32)13-21(30,16-4-6-17(23)7-5-16)20(29)28-18-8-3-15(12-27)19(11-18)22(24,25)26/h3-8,11,14,30H,9-10,13H2,1-2H3,(H,28,29). The molecule has 0 spiro atoms. The first-order valence-electron chi connectivity index (χ1n) is 9.79. The number of hydrogen-bond donors (Lipinski definition) is 2. The number of halogens is 4. The van der Waals surface area contributed by atoms with Crippen molar-refractivity contribution in [1.29, 1.82) is 5.26 Å². The zero-order valence-corrected chi connectivity index (χ0v) is 18.6. The Kier molecular flexibility index (Phi) is 7.87. The highest BCUT2D eigenvalue weighted by molar-refractivity contribution is 7.91. The molecule has 178 valence electrons. The molecule has 1 unspecified atom stereocenters. The van der Waals surface area contributed by atoms with Crippen molar-refractivity contribution in [1.82, 2.24) is 0 Å². The van der Waals surface area contributed by atoms with E-state index in [1.54, 1.807) is 13.8 Å². The van der Waals surface area contributed by atoms with Crippen LogP contribution in [0.15, 0.2) is 42.5 Å². The molecule has 2 N–H and O–H groups in total. The van der Waals surface area contributed by atoms with Crippen LogP contribution < -0.4 is 5.32 Å². The number of nitriles is 1. The van der Waals surface area contributed by atoms with E-state index in [0.717, 1.165) is 36.4 Å². The van der Waals surface area contributed by atoms with Gasteiger partial charge in [-0.05, 0) is 48.2 Å². The van der Waals surface area contributed by atoms with Gasteiger partial charge in [0, 0.05) is 5.69 Å². The number of nitrogens with one attached hydrogen (secondary N) is 1. The molecular weight excluding hydrogens is 464 g/mol. The Balaban J connectivity index is 2.47. The van der Waals surface area contributed by atoms with Gasteiger partial charge in [0.25, 0.3) is 5.91 Å². The van der Waals surface area contributed by atoms with Crippen molar-refractivity contribution >= 4 is 21.4 Å². The molecule has 0 aromatic heterocycles. The Morgan fingerprint density at radius 2 is 1.76 bits per heavy atom. The molecule has 0 heterocycles. The molecule has 0 radical (unpaired) electrons. The summed E-state index contributed by atoms with van der Waals surface area (Å²) in [6, 6.07) is 7.64. The van der Waals surface area contributed by atoms with Crippen LogP contribution in [0.4, 0.5) is 23.2 Å². The molecule has 11 heteroatoms. The molecule has 2 rings (SSSR count). The molecular formula is C22H22F4N2O4S. The van der Waals surface area contributed by atoms with Gasteiger partial charge in [0.1, 0.15) is 5.82 Å². The molecule has 2 aromatic carbocycles. The minimum absolute atomic E-state index is 0.0203. The second-order valence-electron chi connectivity index (χ2n) is 7.97. The van der Waals surface area contributed by atoms with Gasteiger partial charge in [-0.3, -0.25) is 4.79 Å². The zero-order chi connectivity index (χ0) is 25.0. The largest absolute Gasteiger partial charge is 0.417 e. The van der Waals surface area contributed by atoms with Gasteiger partial charge >= 0.3 is 6.18 Å². The molecule has 0 fully saturated rings. The number of rotatable bonds is 8. The minimum Gasteiger partial charge on any atom is -0.374 e. The van der Waals surface area contributed by atoms with Crippen LogP contribution in [0.25, 0.3) is 0 Å². The van der Waals surface area contributed by atoms with Crippen LogP contribution in [0.3, 0.4) is 0 Å². The first kappa shape index (κ1) is 26.3. The highest BCUT2D eigenvalue weighted by Gasteiger charge is 2.43. The fraction of sp³-hybridized carbons (Fsp3) is 0.364. The molecule has 0 saturated heterocycles. The molecule has 0 bridgehead atoms. The van der Waals surface area contributed by atoms with E-state index in [1.165, 1.54) is 6.07 Å². The number of aliphatic hydroxyl groups is 1. The fourth-order valence-corrected chi connectivity index (χ4v) is 4.91. The number of anilines is 1. The molecule has 0 aliphatic carbocycles. The van der Waals surface area contributed by atoms with Crippen LogP contribution in [0, 0.1) is 23.1 Å². The third-order valence-corrected chi connectivity index (χ3v) is 6.55. The van der Waals surface area contributed by atoms with E-state index in [2.05, 4.69) is 5.32 Å². The van der Waals surface area contributed by atoms with Crippen LogP contribution in [0.2, 0.25) is 0 Å². The number of carbonyl (C=O) groups excluding carboxylic acids is 1. The molecule has 1 amide bonds. The zero-order valence-electron chi connectivity index (χ0n) is 17.8. The van der Waals surface area contributed by atoms with Gasteiger partial charge in [-0.15, -0.1) is 0 Å². The van der Waals surface area contributed by atoms with Gasteiger partial charge in [-0.25, -0.2) is 12.8 Å². The Morgan fingerprint density at radius 3 is 2.27 bits per heavy atom. The average Bonchev–Trinajstić information content (AvgIpc) is 2.71. The van der Waals surface area contributed by atoms with Gasteiger partial charge in [0.05, 0.1) is 28.7 Å². The number of hydrogen-bond acceptors (Lipinski definition) is 5. The van der Waals surface area contributed by atoms with E-state index in [4.69, 9.17) is 5.26 Å². The van der Waals surface area contributed by atoms with Gasteiger partial charge in [0.2, 0.25) is 0 Å². The van der Waals surface area contributed by atoms with Crippen LogP contribution in [-0.4, -0.2) is 30.9 Å². The van der Waals surface area contributed by atoms with Crippen molar-refractivity contribution in [3.8, 4) is 6.07 Å². The third kappa shape index (κ3) is 6.76. The van der Waals surface area contributed by atoms with Gasteiger partial charge < -0.3 is 10.4 Å². The maximum atomic E-state index is 13.4. The second kappa shape index (κ2) is 9.89. The number of nitrogens with zero attached hydrogens (tertiary/aromatic N) is 1. The van der Waals surface area contributed by atoms with Crippen molar-refractivity contribution in [3.05, 3.63) is 65.0 Å². The van der Waals surface area contributed by atoms with E-state index >= 15 is 0 Å². The number of alkyl halides is 3. The molecule has 0 saturated carbocycles. The number of sulfone groups is 1. The van der Waals surface area contributed by atoms with Crippen LogP contribution in [0.1, 0.15) is 37.0 Å². The Morgan fingerprint density at radius 1 is 1.15 bits per heavy atom. The van der Waals surface area contributed by atoms with Crippen LogP contribution >= 0.6 is 0 Å². The fourth-order valence-electron chi connectivity index (χ4n) is 3.00. The van der Waals surface area contributed by atoms with Gasteiger partial charge in [-0.2, -0.15) is 18.4 Å². The lowest BCUT2D eigenvalue weighted by molar-refractivity contribution is -0.138. The first-order valence-corrected chi connectivity index (χ1v) is 11.6. The van der Waals surface area contributed by atoms with Crippen LogP contribution in [0.5, 0.6) is 0 Å². The van der Waals surface area contributed by atoms with Gasteiger partial charge in [-0.1, -0.05) is 26.0 Å². The quantitative estimate of drug-likeness (QED) is 0.549. The number of amides is 1. The maximum absolute atomic E-state index is 13.4. The Hall–Kier alpha value is -2.97. The highest BCUT2D eigenvalue weighted by atomic mass is 32.2. The van der Waals surface area contributed by atoms with Crippen molar-refractivity contribution in [2.75, 3.05) is 16.8 Å². The van der Waals surface area contributed by atoms with Crippen LogP contribution in [-0.2, 0) is 26.4 Å². The lowest BCUT2D eigenvalue weighted by atomic mass is 9.94. The summed E-state index contributed by atoms with van der Waals surface area (Å²) >= 11 is 0. The van der Waals surface area contributed by atoms with Crippen molar-refractivity contribution in [3.63, 3.8) is 0 Å². The van der Waals surface area contributed by atoms with Crippen molar-refractivity contribution in [2.45, 2.75) is 32.0 Å². The summed E-state index contributed by atoms with van der Waals surface area (Å²) < 4.78 is 78.3. The predicted molar refractivity (Wildman–Crippen MR) is 113 cm³/mol. The molecule has 0 aliphatic heterocycles. The summed E-state index contributed by atoms with van der Waals surface area (Å²) in [4.78, 5) is 13.0. The van der Waals surface area contributed by atoms with Crippen molar-refractivity contribution < 1.29 is 35.9 Å². The Labute approximate surface area is 188 Å². The summed E-state index contributed by atoms with van der Waals surface area (Å²) in [5.74, 6) is -3.40.